The van der Waals surface area contributed by atoms with E-state index in [2.05, 4.69) is 22.2 Å². The molecule has 0 aliphatic carbocycles. The Morgan fingerprint density at radius 1 is 1.11 bits per heavy atom. The molecule has 0 amide bonds. The van der Waals surface area contributed by atoms with E-state index in [0.29, 0.717) is 0 Å². The van der Waals surface area contributed by atoms with Crippen LogP contribution in [-0.2, 0) is 4.74 Å². The van der Waals surface area contributed by atoms with E-state index in [0.717, 1.165) is 48.4 Å². The van der Waals surface area contributed by atoms with Gasteiger partial charge in [-0.1, -0.05) is 11.8 Å². The lowest BCUT2D eigenvalue weighted by Gasteiger charge is -2.07. The molecule has 1 aromatic heterocycles. The Kier molecular flexibility index (Phi) is 7.23. The fourth-order valence-corrected chi connectivity index (χ4v) is 2.34. The highest BCUT2D eigenvalue weighted by Gasteiger charge is 2.04. The summed E-state index contributed by atoms with van der Waals surface area (Å²) in [4.78, 5) is 8.98. The molecule has 0 radical (unpaired) electrons. The second-order valence-corrected chi connectivity index (χ2v) is 5.31. The molecule has 1 heterocycles. The molecule has 18 heavy (non-hydrogen) atoms. The van der Waals surface area contributed by atoms with Crippen LogP contribution in [0.4, 0.5) is 0 Å². The summed E-state index contributed by atoms with van der Waals surface area (Å²) in [6, 6.07) is 0. The zero-order chi connectivity index (χ0) is 13.4. The maximum atomic E-state index is 4.97. The van der Waals surface area contributed by atoms with Crippen molar-refractivity contribution in [3.8, 4) is 0 Å². The largest absolute Gasteiger partial charge is 0.383 e. The van der Waals surface area contributed by atoms with Gasteiger partial charge in [0.05, 0.1) is 6.61 Å². The first-order chi connectivity index (χ1) is 8.65. The summed E-state index contributed by atoms with van der Waals surface area (Å²) in [5, 5.41) is 4.22. The summed E-state index contributed by atoms with van der Waals surface area (Å²) in [7, 11) is 1.72. The molecule has 102 valence electrons. The molecule has 0 bridgehead atoms. The molecule has 0 aliphatic rings. The molecular formula is C13H23N3OS. The van der Waals surface area contributed by atoms with Gasteiger partial charge in [-0.25, -0.2) is 9.97 Å². The van der Waals surface area contributed by atoms with Crippen LogP contribution in [0.15, 0.2) is 5.16 Å². The normalized spacial score (nSPS) is 10.9. The first-order valence-corrected chi connectivity index (χ1v) is 7.28. The minimum Gasteiger partial charge on any atom is -0.383 e. The number of hydrogen-bond donors (Lipinski definition) is 1. The molecule has 5 heteroatoms. The maximum Gasteiger partial charge on any atom is 0.187 e. The van der Waals surface area contributed by atoms with Crippen LogP contribution in [0.2, 0.25) is 0 Å². The van der Waals surface area contributed by atoms with E-state index >= 15 is 0 Å². The Morgan fingerprint density at radius 3 is 2.39 bits per heavy atom. The van der Waals surface area contributed by atoms with Gasteiger partial charge in [-0.15, -0.1) is 0 Å². The van der Waals surface area contributed by atoms with Crippen molar-refractivity contribution in [3.05, 3.63) is 17.0 Å². The Bertz CT molecular complexity index is 348. The maximum absolute atomic E-state index is 4.97. The number of rotatable bonds is 8. The van der Waals surface area contributed by atoms with Crippen molar-refractivity contribution in [3.63, 3.8) is 0 Å². The standard InChI is InChI=1S/C13H23N3OS/c1-10-11(2)15-13(16-12(10)3)18-9-5-6-14-7-8-17-4/h14H,5-9H2,1-4H3. The highest BCUT2D eigenvalue weighted by Crippen LogP contribution is 2.17. The highest BCUT2D eigenvalue weighted by molar-refractivity contribution is 7.99. The summed E-state index contributed by atoms with van der Waals surface area (Å²) in [6.45, 7) is 8.85. The summed E-state index contributed by atoms with van der Waals surface area (Å²) >= 11 is 1.73. The smallest absolute Gasteiger partial charge is 0.187 e. The minimum atomic E-state index is 0.770. The summed E-state index contributed by atoms with van der Waals surface area (Å²) in [5.41, 5.74) is 3.37. The second kappa shape index (κ2) is 8.45. The van der Waals surface area contributed by atoms with Crippen molar-refractivity contribution in [1.82, 2.24) is 15.3 Å². The zero-order valence-corrected chi connectivity index (χ0v) is 12.6. The molecule has 1 rings (SSSR count). The predicted octanol–water partition coefficient (Wildman–Crippen LogP) is 2.12. The van der Waals surface area contributed by atoms with E-state index in [1.807, 2.05) is 13.8 Å². The van der Waals surface area contributed by atoms with Crippen LogP contribution in [0, 0.1) is 20.8 Å². The quantitative estimate of drug-likeness (QED) is 0.445. The predicted molar refractivity (Wildman–Crippen MR) is 76.3 cm³/mol. The van der Waals surface area contributed by atoms with Crippen molar-refractivity contribution in [2.75, 3.05) is 32.6 Å². The van der Waals surface area contributed by atoms with Crippen LogP contribution in [0.1, 0.15) is 23.4 Å². The SMILES string of the molecule is COCCNCCCSc1nc(C)c(C)c(C)n1. The molecule has 4 nitrogen and oxygen atoms in total. The van der Waals surface area contributed by atoms with E-state index in [1.165, 1.54) is 5.56 Å². The van der Waals surface area contributed by atoms with Gasteiger partial charge in [0.15, 0.2) is 5.16 Å². The number of aryl methyl sites for hydroxylation is 2. The molecule has 0 aliphatic heterocycles. The fourth-order valence-electron chi connectivity index (χ4n) is 1.47. The number of methoxy groups -OCH3 is 1. The lowest BCUT2D eigenvalue weighted by molar-refractivity contribution is 0.199. The Morgan fingerprint density at radius 2 is 1.78 bits per heavy atom. The van der Waals surface area contributed by atoms with Crippen molar-refractivity contribution in [1.29, 1.82) is 0 Å². The van der Waals surface area contributed by atoms with E-state index in [4.69, 9.17) is 4.74 Å². The van der Waals surface area contributed by atoms with Crippen LogP contribution in [0.3, 0.4) is 0 Å². The number of nitrogens with one attached hydrogen (secondary N) is 1. The Balaban J connectivity index is 2.23. The van der Waals surface area contributed by atoms with Crippen LogP contribution in [-0.4, -0.2) is 42.5 Å². The van der Waals surface area contributed by atoms with Gasteiger partial charge < -0.3 is 10.1 Å². The van der Waals surface area contributed by atoms with E-state index in [-0.39, 0.29) is 0 Å². The lowest BCUT2D eigenvalue weighted by Crippen LogP contribution is -2.20. The van der Waals surface area contributed by atoms with Gasteiger partial charge in [0.2, 0.25) is 0 Å². The molecule has 0 spiro atoms. The van der Waals surface area contributed by atoms with Gasteiger partial charge in [-0.05, 0) is 39.3 Å². The lowest BCUT2D eigenvalue weighted by atomic mass is 10.2. The van der Waals surface area contributed by atoms with Crippen molar-refractivity contribution >= 4 is 11.8 Å². The van der Waals surface area contributed by atoms with Crippen LogP contribution in [0.25, 0.3) is 0 Å². The molecule has 1 N–H and O–H groups in total. The van der Waals surface area contributed by atoms with Gasteiger partial charge in [-0.3, -0.25) is 0 Å². The third-order valence-corrected chi connectivity index (χ3v) is 3.76. The molecular weight excluding hydrogens is 246 g/mol. The monoisotopic (exact) mass is 269 g/mol. The van der Waals surface area contributed by atoms with Crippen LogP contribution in [0.5, 0.6) is 0 Å². The van der Waals surface area contributed by atoms with E-state index in [9.17, 15) is 0 Å². The van der Waals surface area contributed by atoms with Crippen molar-refractivity contribution < 1.29 is 4.74 Å². The van der Waals surface area contributed by atoms with Crippen molar-refractivity contribution in [2.24, 2.45) is 0 Å². The van der Waals surface area contributed by atoms with E-state index in [1.54, 1.807) is 18.9 Å². The Labute approximate surface area is 114 Å². The van der Waals surface area contributed by atoms with Crippen LogP contribution >= 0.6 is 11.8 Å². The van der Waals surface area contributed by atoms with Gasteiger partial charge in [0, 0.05) is 30.8 Å². The first-order valence-electron chi connectivity index (χ1n) is 6.29. The summed E-state index contributed by atoms with van der Waals surface area (Å²) < 4.78 is 4.97. The van der Waals surface area contributed by atoms with Gasteiger partial charge in [0.1, 0.15) is 0 Å². The highest BCUT2D eigenvalue weighted by atomic mass is 32.2. The number of hydrogen-bond acceptors (Lipinski definition) is 5. The van der Waals surface area contributed by atoms with Gasteiger partial charge in [0.25, 0.3) is 0 Å². The number of ether oxygens (including phenoxy) is 1. The average Bonchev–Trinajstić information content (AvgIpc) is 2.34. The molecule has 0 saturated heterocycles. The van der Waals surface area contributed by atoms with Crippen LogP contribution < -0.4 is 5.32 Å². The average molecular weight is 269 g/mol. The first kappa shape index (κ1) is 15.4. The van der Waals surface area contributed by atoms with E-state index < -0.39 is 0 Å². The summed E-state index contributed by atoms with van der Waals surface area (Å²) in [5.74, 6) is 1.04. The van der Waals surface area contributed by atoms with Gasteiger partial charge in [-0.2, -0.15) is 0 Å². The molecule has 1 aromatic rings. The van der Waals surface area contributed by atoms with Gasteiger partial charge >= 0.3 is 0 Å². The number of thioether (sulfide) groups is 1. The molecule has 0 saturated carbocycles. The third-order valence-electron chi connectivity index (χ3n) is 2.82. The molecule has 0 aromatic carbocycles. The topological polar surface area (TPSA) is 47.0 Å². The summed E-state index contributed by atoms with van der Waals surface area (Å²) in [6.07, 6.45) is 1.11. The molecule has 0 atom stereocenters. The minimum absolute atomic E-state index is 0.770. The third kappa shape index (κ3) is 5.33. The second-order valence-electron chi connectivity index (χ2n) is 4.25. The Hall–Kier alpha value is -0.650. The molecule has 0 fully saturated rings. The molecule has 0 unspecified atom stereocenters. The van der Waals surface area contributed by atoms with Crippen molar-refractivity contribution in [2.45, 2.75) is 32.3 Å². The fraction of sp³-hybridized carbons (Fsp3) is 0.692. The number of aromatic nitrogens is 2. The number of nitrogens with zero attached hydrogens (tertiary/aromatic N) is 2. The zero-order valence-electron chi connectivity index (χ0n) is 11.7.